The number of urea groups is 1. The summed E-state index contributed by atoms with van der Waals surface area (Å²) in [6.45, 7) is 2.08. The summed E-state index contributed by atoms with van der Waals surface area (Å²) in [6.07, 6.45) is 0. The molecule has 2 aromatic carbocycles. The van der Waals surface area contributed by atoms with Gasteiger partial charge in [-0.05, 0) is 36.8 Å². The lowest BCUT2D eigenvalue weighted by Gasteiger charge is -2.04. The summed E-state index contributed by atoms with van der Waals surface area (Å²) in [5, 5.41) is 14.6. The number of thioether (sulfide) groups is 1. The summed E-state index contributed by atoms with van der Waals surface area (Å²) >= 11 is 3.09. The zero-order valence-electron chi connectivity index (χ0n) is 14.0. The fourth-order valence-corrected chi connectivity index (χ4v) is 3.98. The molecule has 5 nitrogen and oxygen atoms in total. The van der Waals surface area contributed by atoms with E-state index in [1.54, 1.807) is 11.8 Å². The van der Waals surface area contributed by atoms with Gasteiger partial charge in [0.2, 0.25) is 5.13 Å². The topological polar surface area (TPSA) is 66.9 Å². The minimum Gasteiger partial charge on any atom is -0.308 e. The number of aromatic nitrogens is 2. The highest BCUT2D eigenvalue weighted by atomic mass is 32.2. The Balaban J connectivity index is 1.46. The lowest BCUT2D eigenvalue weighted by molar-refractivity contribution is 0.262. The second-order valence-corrected chi connectivity index (χ2v) is 7.62. The second kappa shape index (κ2) is 8.77. The summed E-state index contributed by atoms with van der Waals surface area (Å²) < 4.78 is 12.9. The summed E-state index contributed by atoms with van der Waals surface area (Å²) in [5.74, 6) is 1.27. The first-order valence-electron chi connectivity index (χ1n) is 7.88. The van der Waals surface area contributed by atoms with Gasteiger partial charge in [0, 0.05) is 17.2 Å². The van der Waals surface area contributed by atoms with Gasteiger partial charge in [-0.15, -0.1) is 22.0 Å². The molecule has 26 heavy (non-hydrogen) atoms. The van der Waals surface area contributed by atoms with E-state index in [1.165, 1.54) is 46.7 Å². The normalized spacial score (nSPS) is 10.5. The Labute approximate surface area is 159 Å². The number of amides is 2. The lowest BCUT2D eigenvalue weighted by Crippen LogP contribution is -2.19. The molecular formula is C18H17FN4OS2. The maximum atomic E-state index is 12.9. The number of halogens is 1. The SMILES string of the molecule is Cc1cccc(CSCc2nnc(NC(=O)Nc3ccc(F)cc3)s2)c1. The molecule has 134 valence electrons. The van der Waals surface area contributed by atoms with Gasteiger partial charge >= 0.3 is 6.03 Å². The van der Waals surface area contributed by atoms with E-state index in [0.717, 1.165) is 16.5 Å². The minimum absolute atomic E-state index is 0.354. The van der Waals surface area contributed by atoms with Crippen molar-refractivity contribution < 1.29 is 9.18 Å². The van der Waals surface area contributed by atoms with Crippen molar-refractivity contribution in [2.24, 2.45) is 0 Å². The van der Waals surface area contributed by atoms with Crippen molar-refractivity contribution in [3.63, 3.8) is 0 Å². The lowest BCUT2D eigenvalue weighted by atomic mass is 10.2. The summed E-state index contributed by atoms with van der Waals surface area (Å²) in [7, 11) is 0. The highest BCUT2D eigenvalue weighted by Gasteiger charge is 2.09. The third-order valence-electron chi connectivity index (χ3n) is 3.37. The molecule has 0 fully saturated rings. The van der Waals surface area contributed by atoms with E-state index in [2.05, 4.69) is 52.0 Å². The number of anilines is 2. The molecule has 2 N–H and O–H groups in total. The molecular weight excluding hydrogens is 371 g/mol. The van der Waals surface area contributed by atoms with Crippen LogP contribution in [-0.2, 0) is 11.5 Å². The number of carbonyl (C=O) groups excluding carboxylic acids is 1. The quantitative estimate of drug-likeness (QED) is 0.619. The third kappa shape index (κ3) is 5.53. The van der Waals surface area contributed by atoms with Gasteiger partial charge < -0.3 is 5.32 Å². The smallest absolute Gasteiger partial charge is 0.308 e. The van der Waals surface area contributed by atoms with Crippen LogP contribution in [0.4, 0.5) is 20.0 Å². The van der Waals surface area contributed by atoms with Gasteiger partial charge in [0.25, 0.3) is 0 Å². The van der Waals surface area contributed by atoms with E-state index < -0.39 is 6.03 Å². The molecule has 3 aromatic rings. The number of hydrogen-bond acceptors (Lipinski definition) is 5. The molecule has 8 heteroatoms. The van der Waals surface area contributed by atoms with E-state index in [1.807, 2.05) is 0 Å². The van der Waals surface area contributed by atoms with Gasteiger partial charge in [-0.25, -0.2) is 9.18 Å². The molecule has 0 aliphatic carbocycles. The van der Waals surface area contributed by atoms with Crippen LogP contribution >= 0.6 is 23.1 Å². The van der Waals surface area contributed by atoms with Crippen LogP contribution in [0.25, 0.3) is 0 Å². The fourth-order valence-electron chi connectivity index (χ4n) is 2.21. The molecule has 1 heterocycles. The van der Waals surface area contributed by atoms with Gasteiger partial charge in [-0.3, -0.25) is 5.32 Å². The van der Waals surface area contributed by atoms with Crippen LogP contribution in [0, 0.1) is 12.7 Å². The van der Waals surface area contributed by atoms with Crippen LogP contribution in [0.2, 0.25) is 0 Å². The molecule has 1 aromatic heterocycles. The van der Waals surface area contributed by atoms with Crippen LogP contribution in [-0.4, -0.2) is 16.2 Å². The summed E-state index contributed by atoms with van der Waals surface area (Å²) in [6, 6.07) is 13.5. The summed E-state index contributed by atoms with van der Waals surface area (Å²) in [5.41, 5.74) is 3.02. The highest BCUT2D eigenvalue weighted by Crippen LogP contribution is 2.23. The standard InChI is InChI=1S/C18H17FN4OS2/c1-12-3-2-4-13(9-12)10-25-11-16-22-23-18(26-16)21-17(24)20-15-7-5-14(19)6-8-15/h2-9H,10-11H2,1H3,(H2,20,21,23,24). The third-order valence-corrected chi connectivity index (χ3v) is 5.40. The van der Waals surface area contributed by atoms with Crippen LogP contribution in [0.3, 0.4) is 0 Å². The van der Waals surface area contributed by atoms with Crippen molar-refractivity contribution in [1.29, 1.82) is 0 Å². The maximum Gasteiger partial charge on any atom is 0.325 e. The Bertz CT molecular complexity index is 883. The van der Waals surface area contributed by atoms with Crippen molar-refractivity contribution in [1.82, 2.24) is 10.2 Å². The first kappa shape index (κ1) is 18.3. The number of aryl methyl sites for hydroxylation is 1. The van der Waals surface area contributed by atoms with Crippen molar-refractivity contribution >= 4 is 39.9 Å². The van der Waals surface area contributed by atoms with Gasteiger partial charge in [0.1, 0.15) is 10.8 Å². The predicted octanol–water partition coefficient (Wildman–Crippen LogP) is 5.06. The molecule has 0 bridgehead atoms. The molecule has 2 amide bonds. The Morgan fingerprint density at radius 3 is 2.69 bits per heavy atom. The molecule has 0 unspecified atom stereocenters. The Morgan fingerprint density at radius 1 is 1.12 bits per heavy atom. The van der Waals surface area contributed by atoms with Crippen molar-refractivity contribution in [2.45, 2.75) is 18.4 Å². The van der Waals surface area contributed by atoms with Crippen LogP contribution in [0.5, 0.6) is 0 Å². The van der Waals surface area contributed by atoms with Crippen molar-refractivity contribution in [2.75, 3.05) is 10.6 Å². The van der Waals surface area contributed by atoms with Gasteiger partial charge in [-0.1, -0.05) is 41.2 Å². The van der Waals surface area contributed by atoms with Gasteiger partial charge in [-0.2, -0.15) is 0 Å². The highest BCUT2D eigenvalue weighted by molar-refractivity contribution is 7.97. The van der Waals surface area contributed by atoms with E-state index in [0.29, 0.717) is 10.8 Å². The zero-order valence-corrected chi connectivity index (χ0v) is 15.7. The molecule has 0 saturated heterocycles. The number of carbonyl (C=O) groups is 1. The molecule has 0 saturated carbocycles. The number of hydrogen-bond donors (Lipinski definition) is 2. The molecule has 0 aliphatic heterocycles. The monoisotopic (exact) mass is 388 g/mol. The second-order valence-electron chi connectivity index (χ2n) is 5.57. The number of nitrogens with zero attached hydrogens (tertiary/aromatic N) is 2. The molecule has 0 atom stereocenters. The molecule has 0 radical (unpaired) electrons. The average Bonchev–Trinajstić information content (AvgIpc) is 3.04. The van der Waals surface area contributed by atoms with Crippen LogP contribution < -0.4 is 10.6 Å². The van der Waals surface area contributed by atoms with E-state index in [9.17, 15) is 9.18 Å². The Hall–Kier alpha value is -2.45. The van der Waals surface area contributed by atoms with Gasteiger partial charge in [0.05, 0.1) is 0 Å². The first-order valence-corrected chi connectivity index (χ1v) is 9.85. The molecule has 0 spiro atoms. The van der Waals surface area contributed by atoms with Crippen molar-refractivity contribution in [3.05, 3.63) is 70.5 Å². The van der Waals surface area contributed by atoms with E-state index in [-0.39, 0.29) is 5.82 Å². The maximum absolute atomic E-state index is 12.9. The number of benzene rings is 2. The minimum atomic E-state index is -0.438. The van der Waals surface area contributed by atoms with Crippen LogP contribution in [0.1, 0.15) is 16.1 Å². The average molecular weight is 388 g/mol. The van der Waals surface area contributed by atoms with E-state index in [4.69, 9.17) is 0 Å². The fraction of sp³-hybridized carbons (Fsp3) is 0.167. The largest absolute Gasteiger partial charge is 0.325 e. The van der Waals surface area contributed by atoms with E-state index >= 15 is 0 Å². The molecule has 0 aliphatic rings. The van der Waals surface area contributed by atoms with Gasteiger partial charge in [0.15, 0.2) is 0 Å². The van der Waals surface area contributed by atoms with Crippen LogP contribution in [0.15, 0.2) is 48.5 Å². The first-order chi connectivity index (χ1) is 12.6. The predicted molar refractivity (Wildman–Crippen MR) is 105 cm³/mol. The number of rotatable bonds is 6. The van der Waals surface area contributed by atoms with Crippen molar-refractivity contribution in [3.8, 4) is 0 Å². The Morgan fingerprint density at radius 2 is 1.92 bits per heavy atom. The molecule has 3 rings (SSSR count). The Kier molecular flexibility index (Phi) is 6.19. The summed E-state index contributed by atoms with van der Waals surface area (Å²) in [4.78, 5) is 11.9. The zero-order chi connectivity index (χ0) is 18.4. The number of nitrogens with one attached hydrogen (secondary N) is 2.